The van der Waals surface area contributed by atoms with Crippen molar-refractivity contribution in [2.24, 2.45) is 11.8 Å². The van der Waals surface area contributed by atoms with E-state index in [1.54, 1.807) is 56.9 Å². The van der Waals surface area contributed by atoms with Crippen LogP contribution in [0.4, 0.5) is 0 Å². The lowest BCUT2D eigenvalue weighted by molar-refractivity contribution is 0.265. The summed E-state index contributed by atoms with van der Waals surface area (Å²) in [4.78, 5) is 0. The molecule has 0 radical (unpaired) electrons. The van der Waals surface area contributed by atoms with Crippen molar-refractivity contribution in [2.45, 2.75) is 114 Å². The van der Waals surface area contributed by atoms with Gasteiger partial charge >= 0.3 is 0 Å². The van der Waals surface area contributed by atoms with Crippen LogP contribution in [0.15, 0.2) is 24.3 Å². The Hall–Kier alpha value is -2.72. The summed E-state index contributed by atoms with van der Waals surface area (Å²) in [7, 11) is 13.3. The molecule has 6 atom stereocenters. The minimum Gasteiger partial charge on any atom is -0.493 e. The van der Waals surface area contributed by atoms with E-state index in [2.05, 4.69) is 45.5 Å². The molecule has 0 fully saturated rings. The fourth-order valence-electron chi connectivity index (χ4n) is 12.4. The average molecular weight is 1290 g/mol. The quantitative estimate of drug-likeness (QED) is 0.0507. The smallest absolute Gasteiger partial charge is 0.179 e. The summed E-state index contributed by atoms with van der Waals surface area (Å²) in [6, 6.07) is 9.02. The van der Waals surface area contributed by atoms with Crippen LogP contribution in [0.25, 0.3) is 0 Å². The highest BCUT2D eigenvalue weighted by Crippen LogP contribution is 2.50. The lowest BCUT2D eigenvalue weighted by Gasteiger charge is -2.36. The van der Waals surface area contributed by atoms with Crippen LogP contribution >= 0.6 is 96.0 Å². The molecule has 80 heavy (non-hydrogen) atoms. The Morgan fingerprint density at radius 1 is 0.375 bits per heavy atom. The van der Waals surface area contributed by atoms with Crippen LogP contribution in [-0.2, 0) is 25.7 Å². The number of hydrogen-bond acceptors (Lipinski definition) is 12. The highest BCUT2D eigenvalue weighted by Gasteiger charge is 2.35. The third-order valence-corrected chi connectivity index (χ3v) is 17.5. The Labute approximate surface area is 517 Å². The van der Waals surface area contributed by atoms with E-state index < -0.39 is 0 Å². The standard InChI is InChI=1S/C56H74Cl4N4O8.4ClH.4H2O/c1-65-43-27-37-33(47(57)53(43)69-5)19-23-61-41(37)17-11-15-31(51-39-29-45(67-3)55(71-7)49(59)35(39)21-25-63-51)13-9-10-14-32(52-40-30-46(68-4)56(72-8)50(60)36(40)22-26-64-52)16-12-18-42-38-28-44(66-2)54(70-6)48(58)34(38)20-24-62-42;;;;;;;;/h27-32,41-42,51-52,61-64H,9-26H2,1-8H3;4*1H;4*1H2. The molecular formula is C56H86Cl8N4O12. The first kappa shape index (κ1) is 77.3. The molecule has 0 spiro atoms. The fourth-order valence-corrected chi connectivity index (χ4v) is 13.9. The van der Waals surface area contributed by atoms with E-state index in [0.29, 0.717) is 77.9 Å². The first-order valence-corrected chi connectivity index (χ1v) is 27.2. The molecule has 4 heterocycles. The van der Waals surface area contributed by atoms with Gasteiger partial charge < -0.3 is 81.1 Å². The summed E-state index contributed by atoms with van der Waals surface area (Å²) in [6.45, 7) is 3.37. The number of halogens is 8. The van der Waals surface area contributed by atoms with Gasteiger partial charge in [-0.25, -0.2) is 0 Å². The van der Waals surface area contributed by atoms with Gasteiger partial charge in [-0.05, 0) is 171 Å². The molecule has 0 aromatic heterocycles. The van der Waals surface area contributed by atoms with Gasteiger partial charge in [-0.3, -0.25) is 0 Å². The van der Waals surface area contributed by atoms with Crippen LogP contribution in [0, 0.1) is 11.8 Å². The Morgan fingerprint density at radius 3 is 0.900 bits per heavy atom. The summed E-state index contributed by atoms with van der Waals surface area (Å²) in [5, 5.41) is 18.1. The molecule has 0 saturated carbocycles. The summed E-state index contributed by atoms with van der Waals surface area (Å²) < 4.78 is 46.2. The second kappa shape index (κ2) is 36.2. The van der Waals surface area contributed by atoms with Crippen LogP contribution in [-0.4, -0.2) is 105 Å². The van der Waals surface area contributed by atoms with Crippen molar-refractivity contribution in [3.8, 4) is 46.0 Å². The molecule has 4 aliphatic rings. The number of methoxy groups -OCH3 is 8. The normalized spacial score (nSPS) is 18.0. The molecule has 0 aliphatic carbocycles. The van der Waals surface area contributed by atoms with Gasteiger partial charge in [-0.1, -0.05) is 72.1 Å². The summed E-state index contributed by atoms with van der Waals surface area (Å²) in [5.74, 6) is 5.68. The van der Waals surface area contributed by atoms with E-state index in [9.17, 15) is 0 Å². The van der Waals surface area contributed by atoms with Crippen molar-refractivity contribution in [1.82, 2.24) is 21.3 Å². The third kappa shape index (κ3) is 16.2. The molecule has 6 unspecified atom stereocenters. The van der Waals surface area contributed by atoms with Gasteiger partial charge in [0.15, 0.2) is 46.0 Å². The first-order chi connectivity index (χ1) is 35.0. The van der Waals surface area contributed by atoms with E-state index in [4.69, 9.17) is 84.3 Å². The number of hydrogen-bond donors (Lipinski definition) is 4. The van der Waals surface area contributed by atoms with Crippen LogP contribution < -0.4 is 59.2 Å². The van der Waals surface area contributed by atoms with Crippen molar-refractivity contribution in [3.05, 3.63) is 88.9 Å². The molecule has 12 N–H and O–H groups in total. The first-order valence-electron chi connectivity index (χ1n) is 25.7. The van der Waals surface area contributed by atoms with Gasteiger partial charge in [0.1, 0.15) is 0 Å². The zero-order chi connectivity index (χ0) is 51.1. The molecular weight excluding hydrogens is 1200 g/mol. The molecule has 4 aliphatic heterocycles. The maximum absolute atomic E-state index is 7.14. The van der Waals surface area contributed by atoms with Crippen LogP contribution in [0.2, 0.25) is 20.1 Å². The summed E-state index contributed by atoms with van der Waals surface area (Å²) >= 11 is 28.2. The van der Waals surface area contributed by atoms with E-state index in [-0.39, 0.29) is 95.7 Å². The molecule has 458 valence electrons. The van der Waals surface area contributed by atoms with Crippen LogP contribution in [0.1, 0.15) is 133 Å². The largest absolute Gasteiger partial charge is 0.493 e. The Kier molecular flexibility index (Phi) is 35.0. The second-order valence-electron chi connectivity index (χ2n) is 19.5. The predicted octanol–water partition coefficient (Wildman–Crippen LogP) is 10.7. The zero-order valence-corrected chi connectivity index (χ0v) is 53.2. The summed E-state index contributed by atoms with van der Waals surface area (Å²) in [6.07, 6.45) is 13.5. The number of unbranched alkanes of at least 4 members (excludes halogenated alkanes) is 1. The molecule has 0 bridgehead atoms. The fraction of sp³-hybridized carbons (Fsp3) is 0.571. The number of ether oxygens (including phenoxy) is 8. The zero-order valence-electron chi connectivity index (χ0n) is 46.9. The lowest BCUT2D eigenvalue weighted by Crippen LogP contribution is -2.36. The van der Waals surface area contributed by atoms with Crippen LogP contribution in [0.5, 0.6) is 46.0 Å². The van der Waals surface area contributed by atoms with Gasteiger partial charge in [0.2, 0.25) is 0 Å². The molecule has 4 aromatic rings. The molecule has 16 nitrogen and oxygen atoms in total. The summed E-state index contributed by atoms with van der Waals surface area (Å²) in [5.41, 5.74) is 9.36. The highest BCUT2D eigenvalue weighted by atomic mass is 35.5. The van der Waals surface area contributed by atoms with E-state index in [1.165, 1.54) is 22.3 Å². The Bertz CT molecular complexity index is 2390. The number of nitrogens with one attached hydrogen (secondary N) is 4. The van der Waals surface area contributed by atoms with Gasteiger partial charge in [0.25, 0.3) is 0 Å². The number of rotatable bonds is 23. The van der Waals surface area contributed by atoms with E-state index in [0.717, 1.165) is 138 Å². The minimum atomic E-state index is 0. The van der Waals surface area contributed by atoms with Crippen molar-refractivity contribution in [1.29, 1.82) is 0 Å². The predicted molar refractivity (Wildman–Crippen MR) is 333 cm³/mol. The molecule has 0 saturated heterocycles. The Balaban J connectivity index is 0.00000780. The maximum atomic E-state index is 7.14. The molecule has 4 aromatic carbocycles. The maximum Gasteiger partial charge on any atom is 0.179 e. The van der Waals surface area contributed by atoms with Crippen molar-refractivity contribution in [2.75, 3.05) is 83.1 Å². The highest BCUT2D eigenvalue weighted by molar-refractivity contribution is 6.34. The minimum absolute atomic E-state index is 0. The second-order valence-corrected chi connectivity index (χ2v) is 21.0. The number of fused-ring (bicyclic) bond motifs is 4. The van der Waals surface area contributed by atoms with Gasteiger partial charge in [0.05, 0.1) is 77.0 Å². The molecule has 0 amide bonds. The van der Waals surface area contributed by atoms with E-state index >= 15 is 0 Å². The van der Waals surface area contributed by atoms with Gasteiger partial charge in [0, 0.05) is 24.2 Å². The molecule has 24 heteroatoms. The Morgan fingerprint density at radius 2 is 0.625 bits per heavy atom. The topological polar surface area (TPSA) is 248 Å². The van der Waals surface area contributed by atoms with Crippen LogP contribution in [0.3, 0.4) is 0 Å². The van der Waals surface area contributed by atoms with Gasteiger partial charge in [-0.15, -0.1) is 49.6 Å². The van der Waals surface area contributed by atoms with Crippen molar-refractivity contribution in [3.63, 3.8) is 0 Å². The van der Waals surface area contributed by atoms with Gasteiger partial charge in [-0.2, -0.15) is 0 Å². The number of benzene rings is 4. The van der Waals surface area contributed by atoms with Crippen molar-refractivity contribution >= 4 is 96.0 Å². The monoisotopic (exact) mass is 1290 g/mol. The SMILES string of the molecule is COc1cc2c(c(Cl)c1OC)CCNC2CCCC(CCCCC(CCCC1NCCc2c1cc(OC)c(OC)c2Cl)C1NCCc2c1cc(OC)c(OC)c2Cl)C1NCCc2c1cc(OC)c(OC)c2Cl.Cl.Cl.Cl.Cl.O.O.O.O. The third-order valence-electron chi connectivity index (χ3n) is 15.9. The lowest BCUT2D eigenvalue weighted by atomic mass is 9.78. The average Bonchev–Trinajstić information content (AvgIpc) is 3.40. The van der Waals surface area contributed by atoms with E-state index in [1.807, 2.05) is 0 Å². The van der Waals surface area contributed by atoms with Crippen molar-refractivity contribution < 1.29 is 59.8 Å². The molecule has 8 rings (SSSR count).